The van der Waals surface area contributed by atoms with Crippen LogP contribution < -0.4 is 21.5 Å². The first kappa shape index (κ1) is 44.4. The van der Waals surface area contributed by atoms with Crippen molar-refractivity contribution >= 4 is 28.7 Å². The molecule has 6 aromatic rings. The van der Waals surface area contributed by atoms with E-state index in [1.165, 1.54) is 23.8 Å². The van der Waals surface area contributed by atoms with Gasteiger partial charge in [-0.25, -0.2) is 4.79 Å². The number of hydrogen-bond acceptors (Lipinski definition) is 10. The van der Waals surface area contributed by atoms with Gasteiger partial charge < -0.3 is 41.0 Å². The SMILES string of the molecule is O=C(NCCCNC(=O)c1cccc(C(O)(C(=O)OCC2CCN(Cc3ccccc3)CC2)c2ccccc2)c1)c1ccc(CNC[C@H](O)c2ccc(O)c3[nH]c(=O)ccc23)cc1. The number of piperidine rings is 1. The Morgan fingerprint density at radius 2 is 1.43 bits per heavy atom. The summed E-state index contributed by atoms with van der Waals surface area (Å²) in [6.07, 6.45) is 1.31. The van der Waals surface area contributed by atoms with E-state index in [9.17, 15) is 34.5 Å². The fraction of sp³-hybridized carbons (Fsp3) is 0.280. The summed E-state index contributed by atoms with van der Waals surface area (Å²) in [5.41, 5.74) is 1.80. The van der Waals surface area contributed by atoms with Crippen molar-refractivity contribution in [3.63, 3.8) is 0 Å². The highest BCUT2D eigenvalue weighted by Gasteiger charge is 2.42. The van der Waals surface area contributed by atoms with Crippen molar-refractivity contribution in [1.82, 2.24) is 25.8 Å². The minimum Gasteiger partial charge on any atom is -0.506 e. The molecule has 0 saturated carbocycles. The van der Waals surface area contributed by atoms with E-state index in [4.69, 9.17) is 4.74 Å². The fourth-order valence-corrected chi connectivity index (χ4v) is 7.90. The van der Waals surface area contributed by atoms with Gasteiger partial charge in [0.15, 0.2) is 0 Å². The Morgan fingerprint density at radius 3 is 2.14 bits per heavy atom. The molecule has 13 heteroatoms. The Balaban J connectivity index is 0.853. The molecule has 0 radical (unpaired) electrons. The topological polar surface area (TPSA) is 193 Å². The molecule has 0 aliphatic carbocycles. The standard InChI is InChI=1S/C50H53N5O8/c56-43-21-19-41(42-20-22-45(58)54-46(42)43)44(57)31-51-30-34-15-17-37(18-16-34)47(59)52-25-8-26-53-48(60)38-11-7-14-40(29-38)50(62,39-12-5-2-6-13-39)49(61)63-33-36-23-27-55(28-24-36)32-35-9-3-1-4-10-35/h1-7,9-22,29,36,44,51,56-57,62H,8,23-28,30-33H2,(H,52,59)(H,53,60)(H,54,58)/t44-,50?/m0/s1. The van der Waals surface area contributed by atoms with Gasteiger partial charge in [-0.1, -0.05) is 91.0 Å². The number of ether oxygens (including phenoxy) is 1. The lowest BCUT2D eigenvalue weighted by molar-refractivity contribution is -0.164. The van der Waals surface area contributed by atoms with E-state index in [0.717, 1.165) is 38.0 Å². The molecule has 2 heterocycles. The van der Waals surface area contributed by atoms with Crippen LogP contribution in [-0.4, -0.2) is 82.3 Å². The number of nitrogens with one attached hydrogen (secondary N) is 4. The highest BCUT2D eigenvalue weighted by molar-refractivity contribution is 5.95. The number of hydrogen-bond donors (Lipinski definition) is 7. The highest BCUT2D eigenvalue weighted by atomic mass is 16.5. The maximum absolute atomic E-state index is 13.8. The van der Waals surface area contributed by atoms with Crippen LogP contribution in [0.3, 0.4) is 0 Å². The van der Waals surface area contributed by atoms with Gasteiger partial charge in [0.2, 0.25) is 11.2 Å². The Bertz CT molecular complexity index is 2540. The van der Waals surface area contributed by atoms with Gasteiger partial charge in [0.1, 0.15) is 5.75 Å². The van der Waals surface area contributed by atoms with Gasteiger partial charge in [0.05, 0.1) is 18.2 Å². The predicted octanol–water partition coefficient (Wildman–Crippen LogP) is 5.30. The number of carbonyl (C=O) groups excluding carboxylic acids is 3. The lowest BCUT2D eigenvalue weighted by Gasteiger charge is -2.33. The number of aromatic amines is 1. The van der Waals surface area contributed by atoms with Gasteiger partial charge in [0.25, 0.3) is 11.8 Å². The van der Waals surface area contributed by atoms with Crippen LogP contribution >= 0.6 is 0 Å². The summed E-state index contributed by atoms with van der Waals surface area (Å²) in [5.74, 6) is -1.35. The Hall–Kier alpha value is -6.64. The van der Waals surface area contributed by atoms with Crippen LogP contribution in [0.25, 0.3) is 10.9 Å². The van der Waals surface area contributed by atoms with Gasteiger partial charge >= 0.3 is 5.97 Å². The molecule has 63 heavy (non-hydrogen) atoms. The number of rotatable bonds is 18. The minimum atomic E-state index is -2.14. The Kier molecular flexibility index (Phi) is 14.8. The minimum absolute atomic E-state index is 0.0752. The molecule has 2 amide bonds. The second kappa shape index (κ2) is 21.0. The molecular formula is C50H53N5O8. The Morgan fingerprint density at radius 1 is 0.762 bits per heavy atom. The lowest BCUT2D eigenvalue weighted by Crippen LogP contribution is -2.41. The molecule has 1 unspecified atom stereocenters. The van der Waals surface area contributed by atoms with Crippen molar-refractivity contribution < 1.29 is 34.4 Å². The zero-order chi connectivity index (χ0) is 44.2. The molecule has 1 aliphatic rings. The summed E-state index contributed by atoms with van der Waals surface area (Å²) < 4.78 is 5.84. The third kappa shape index (κ3) is 11.3. The van der Waals surface area contributed by atoms with E-state index in [-0.39, 0.29) is 59.5 Å². The molecule has 2 atom stereocenters. The maximum Gasteiger partial charge on any atom is 0.347 e. The van der Waals surface area contributed by atoms with Crippen LogP contribution in [0.15, 0.2) is 138 Å². The van der Waals surface area contributed by atoms with E-state index >= 15 is 0 Å². The first-order valence-electron chi connectivity index (χ1n) is 21.3. The number of aromatic hydroxyl groups is 1. The largest absolute Gasteiger partial charge is 0.506 e. The highest BCUT2D eigenvalue weighted by Crippen LogP contribution is 2.33. The van der Waals surface area contributed by atoms with Crippen LogP contribution in [0.5, 0.6) is 5.75 Å². The smallest absolute Gasteiger partial charge is 0.347 e. The molecule has 326 valence electrons. The number of aliphatic hydroxyl groups is 2. The number of pyridine rings is 1. The van der Waals surface area contributed by atoms with Crippen LogP contribution in [-0.2, 0) is 28.2 Å². The number of fused-ring (bicyclic) bond motifs is 1. The number of carbonyl (C=O) groups is 3. The number of amides is 2. The third-order valence-electron chi connectivity index (χ3n) is 11.5. The molecule has 1 saturated heterocycles. The predicted molar refractivity (Wildman–Crippen MR) is 240 cm³/mol. The fourth-order valence-electron chi connectivity index (χ4n) is 7.90. The zero-order valence-electron chi connectivity index (χ0n) is 35.0. The van der Waals surface area contributed by atoms with Crippen LogP contribution in [0.4, 0.5) is 0 Å². The monoisotopic (exact) mass is 851 g/mol. The van der Waals surface area contributed by atoms with Crippen LogP contribution in [0.1, 0.15) is 73.9 Å². The molecule has 1 aromatic heterocycles. The van der Waals surface area contributed by atoms with Gasteiger partial charge in [-0.15, -0.1) is 0 Å². The summed E-state index contributed by atoms with van der Waals surface area (Å²) in [7, 11) is 0. The second-order valence-corrected chi connectivity index (χ2v) is 16.0. The average Bonchev–Trinajstić information content (AvgIpc) is 3.31. The average molecular weight is 852 g/mol. The lowest BCUT2D eigenvalue weighted by atomic mass is 9.85. The van der Waals surface area contributed by atoms with Gasteiger partial charge in [-0.3, -0.25) is 19.3 Å². The quantitative estimate of drug-likeness (QED) is 0.0441. The summed E-state index contributed by atoms with van der Waals surface area (Å²) in [6.45, 7) is 4.07. The van der Waals surface area contributed by atoms with E-state index < -0.39 is 23.6 Å². The molecule has 7 N–H and O–H groups in total. The first-order valence-corrected chi connectivity index (χ1v) is 21.3. The van der Waals surface area contributed by atoms with Crippen molar-refractivity contribution in [3.8, 4) is 5.75 Å². The molecule has 0 spiro atoms. The van der Waals surface area contributed by atoms with Crippen molar-refractivity contribution in [3.05, 3.63) is 183 Å². The number of phenolic OH excluding ortho intramolecular Hbond substituents is 1. The van der Waals surface area contributed by atoms with E-state index in [1.54, 1.807) is 72.8 Å². The number of likely N-dealkylation sites (tertiary alicyclic amines) is 1. The number of aromatic nitrogens is 1. The number of nitrogens with zero attached hydrogens (tertiary/aromatic N) is 1. The molecular weight excluding hydrogens is 799 g/mol. The van der Waals surface area contributed by atoms with E-state index in [0.29, 0.717) is 41.6 Å². The van der Waals surface area contributed by atoms with Crippen LogP contribution in [0, 0.1) is 5.92 Å². The van der Waals surface area contributed by atoms with Crippen molar-refractivity contribution in [2.24, 2.45) is 5.92 Å². The van der Waals surface area contributed by atoms with Gasteiger partial charge in [0, 0.05) is 60.9 Å². The molecule has 1 fully saturated rings. The zero-order valence-corrected chi connectivity index (χ0v) is 35.0. The molecule has 1 aliphatic heterocycles. The van der Waals surface area contributed by atoms with Gasteiger partial charge in [-0.05, 0) is 96.9 Å². The summed E-state index contributed by atoms with van der Waals surface area (Å²) >= 11 is 0. The molecule has 0 bridgehead atoms. The third-order valence-corrected chi connectivity index (χ3v) is 11.5. The van der Waals surface area contributed by atoms with E-state index in [2.05, 4.69) is 38.0 Å². The van der Waals surface area contributed by atoms with Gasteiger partial charge in [-0.2, -0.15) is 0 Å². The second-order valence-electron chi connectivity index (χ2n) is 16.0. The number of phenols is 1. The molecule has 13 nitrogen and oxygen atoms in total. The van der Waals surface area contributed by atoms with Crippen molar-refractivity contribution in [1.29, 1.82) is 0 Å². The van der Waals surface area contributed by atoms with E-state index in [1.807, 2.05) is 30.3 Å². The number of aliphatic hydroxyl groups excluding tert-OH is 1. The number of esters is 1. The maximum atomic E-state index is 13.8. The molecule has 5 aromatic carbocycles. The molecule has 7 rings (SSSR count). The number of H-pyrrole nitrogens is 1. The summed E-state index contributed by atoms with van der Waals surface area (Å²) in [5, 5.41) is 42.6. The van der Waals surface area contributed by atoms with Crippen molar-refractivity contribution in [2.45, 2.75) is 44.1 Å². The summed E-state index contributed by atoms with van der Waals surface area (Å²) in [4.78, 5) is 56.7. The first-order chi connectivity index (χ1) is 30.6. The Labute approximate surface area is 365 Å². The van der Waals surface area contributed by atoms with Crippen LogP contribution in [0.2, 0.25) is 0 Å². The summed E-state index contributed by atoms with van der Waals surface area (Å²) in [6, 6.07) is 38.3. The normalized spacial score (nSPS) is 14.7. The number of benzene rings is 5. The van der Waals surface area contributed by atoms with Crippen molar-refractivity contribution in [2.75, 3.05) is 39.3 Å².